The van der Waals surface area contributed by atoms with Crippen LogP contribution in [0.3, 0.4) is 0 Å². The van der Waals surface area contributed by atoms with Crippen LogP contribution in [0.2, 0.25) is 0 Å². The van der Waals surface area contributed by atoms with Crippen molar-refractivity contribution < 1.29 is 21.6 Å². The number of sulfone groups is 1. The van der Waals surface area contributed by atoms with E-state index in [9.17, 15) is 21.6 Å². The van der Waals surface area contributed by atoms with E-state index >= 15 is 0 Å². The van der Waals surface area contributed by atoms with Crippen LogP contribution in [-0.4, -0.2) is 24.1 Å². The summed E-state index contributed by atoms with van der Waals surface area (Å²) in [6, 6.07) is 0. The van der Waals surface area contributed by atoms with Crippen LogP contribution in [0, 0.1) is 6.92 Å². The fourth-order valence-corrected chi connectivity index (χ4v) is 2.19. The summed E-state index contributed by atoms with van der Waals surface area (Å²) in [7, 11) is -5.34. The van der Waals surface area contributed by atoms with Gasteiger partial charge in [0.2, 0.25) is 0 Å². The number of nitrogens with zero attached hydrogens (tertiary/aromatic N) is 1. The molecule has 0 radical (unpaired) electrons. The van der Waals surface area contributed by atoms with Crippen molar-refractivity contribution in [3.63, 3.8) is 0 Å². The number of aromatic nitrogens is 2. The highest BCUT2D eigenvalue weighted by atomic mass is 32.2. The predicted octanol–water partition coefficient (Wildman–Crippen LogP) is 2.01. The maximum Gasteiger partial charge on any atom is 0.501 e. The molecule has 0 spiro atoms. The van der Waals surface area contributed by atoms with Crippen molar-refractivity contribution in [2.24, 2.45) is 0 Å². The Morgan fingerprint density at radius 3 is 2.38 bits per heavy atom. The number of halogens is 3. The Bertz CT molecular complexity index is 514. The molecular formula is C8H9F3N2O2S. The maximum atomic E-state index is 12.3. The van der Waals surface area contributed by atoms with Gasteiger partial charge in [-0.05, 0) is 19.4 Å². The van der Waals surface area contributed by atoms with E-state index in [1.807, 2.05) is 0 Å². The molecule has 1 aromatic heterocycles. The third-order valence-corrected chi connectivity index (χ3v) is 3.56. The number of hydrogen-bond donors (Lipinski definition) is 1. The van der Waals surface area contributed by atoms with Crippen LogP contribution in [0.25, 0.3) is 4.91 Å². The molecule has 0 fully saturated rings. The number of alkyl halides is 3. The third kappa shape index (κ3) is 1.97. The molecule has 0 aliphatic rings. The summed E-state index contributed by atoms with van der Waals surface area (Å²) in [5, 5.41) is 5.73. The third-order valence-electron chi connectivity index (χ3n) is 1.93. The first kappa shape index (κ1) is 12.8. The molecule has 0 aromatic carbocycles. The van der Waals surface area contributed by atoms with Crippen molar-refractivity contribution in [3.8, 4) is 0 Å². The lowest BCUT2D eigenvalue weighted by Gasteiger charge is -2.10. The Morgan fingerprint density at radius 1 is 1.50 bits per heavy atom. The molecule has 1 rings (SSSR count). The van der Waals surface area contributed by atoms with Crippen molar-refractivity contribution in [2.45, 2.75) is 19.4 Å². The number of aromatic amines is 1. The SMILES string of the molecule is C/C=C(\c1[nH]ncc1C)S(=O)(=O)C(F)(F)F. The number of nitrogens with one attached hydrogen (secondary N) is 1. The van der Waals surface area contributed by atoms with Gasteiger partial charge in [0, 0.05) is 0 Å². The second-order valence-corrected chi connectivity index (χ2v) is 4.94. The van der Waals surface area contributed by atoms with Crippen molar-refractivity contribution in [1.82, 2.24) is 10.2 Å². The number of allylic oxidation sites excluding steroid dienone is 1. The van der Waals surface area contributed by atoms with Gasteiger partial charge in [-0.15, -0.1) is 0 Å². The predicted molar refractivity (Wildman–Crippen MR) is 52.0 cm³/mol. The van der Waals surface area contributed by atoms with Gasteiger partial charge in [-0.1, -0.05) is 6.08 Å². The summed E-state index contributed by atoms with van der Waals surface area (Å²) in [5.41, 5.74) is -5.12. The average molecular weight is 254 g/mol. The lowest BCUT2D eigenvalue weighted by atomic mass is 10.2. The number of rotatable bonds is 2. The van der Waals surface area contributed by atoms with Crippen molar-refractivity contribution in [2.75, 3.05) is 0 Å². The standard InChI is InChI=1S/C8H9F3N2O2S/c1-3-6(7-5(2)4-12-13-7)16(14,15)8(9,10)11/h3-4H,1-2H3,(H,12,13)/b6-3+. The first-order chi connectivity index (χ1) is 7.21. The Labute approximate surface area is 90.1 Å². The number of aryl methyl sites for hydroxylation is 1. The summed E-state index contributed by atoms with van der Waals surface area (Å²) < 4.78 is 59.4. The molecule has 0 unspecified atom stereocenters. The zero-order chi connectivity index (χ0) is 12.6. The van der Waals surface area contributed by atoms with E-state index in [2.05, 4.69) is 10.2 Å². The molecule has 0 aliphatic heterocycles. The molecule has 4 nitrogen and oxygen atoms in total. The van der Waals surface area contributed by atoms with E-state index in [4.69, 9.17) is 0 Å². The molecule has 0 saturated heterocycles. The number of hydrogen-bond acceptors (Lipinski definition) is 3. The van der Waals surface area contributed by atoms with Crippen molar-refractivity contribution >= 4 is 14.7 Å². The molecule has 1 N–H and O–H groups in total. The first-order valence-corrected chi connectivity index (χ1v) is 5.68. The molecule has 0 amide bonds. The van der Waals surface area contributed by atoms with Gasteiger partial charge in [-0.3, -0.25) is 5.10 Å². The summed E-state index contributed by atoms with van der Waals surface area (Å²) in [5.74, 6) is 0. The Hall–Kier alpha value is -1.31. The van der Waals surface area contributed by atoms with Gasteiger partial charge < -0.3 is 0 Å². The fourth-order valence-electron chi connectivity index (χ4n) is 1.15. The molecule has 1 heterocycles. The molecule has 8 heteroatoms. The monoisotopic (exact) mass is 254 g/mol. The first-order valence-electron chi connectivity index (χ1n) is 4.20. The fraction of sp³-hybridized carbons (Fsp3) is 0.375. The van der Waals surface area contributed by atoms with E-state index in [0.29, 0.717) is 5.56 Å². The molecule has 0 bridgehead atoms. The van der Waals surface area contributed by atoms with Gasteiger partial charge >= 0.3 is 5.51 Å². The van der Waals surface area contributed by atoms with Gasteiger partial charge in [0.25, 0.3) is 9.84 Å². The molecule has 90 valence electrons. The van der Waals surface area contributed by atoms with E-state index < -0.39 is 20.3 Å². The number of H-pyrrole nitrogens is 1. The molecule has 0 saturated carbocycles. The lowest BCUT2D eigenvalue weighted by Crippen LogP contribution is -2.24. The quantitative estimate of drug-likeness (QED) is 0.878. The lowest BCUT2D eigenvalue weighted by molar-refractivity contribution is -0.0420. The van der Waals surface area contributed by atoms with Gasteiger partial charge in [-0.25, -0.2) is 8.42 Å². The van der Waals surface area contributed by atoms with Crippen LogP contribution in [0.15, 0.2) is 12.3 Å². The topological polar surface area (TPSA) is 62.8 Å². The van der Waals surface area contributed by atoms with E-state index in [1.54, 1.807) is 0 Å². The minimum absolute atomic E-state index is 0.139. The summed E-state index contributed by atoms with van der Waals surface area (Å²) >= 11 is 0. The normalized spacial score (nSPS) is 14.2. The Balaban J connectivity index is 3.39. The average Bonchev–Trinajstić information content (AvgIpc) is 2.51. The molecular weight excluding hydrogens is 245 g/mol. The maximum absolute atomic E-state index is 12.3. The summed E-state index contributed by atoms with van der Waals surface area (Å²) in [4.78, 5) is -0.810. The summed E-state index contributed by atoms with van der Waals surface area (Å²) in [6.07, 6.45) is 2.15. The summed E-state index contributed by atoms with van der Waals surface area (Å²) in [6.45, 7) is 2.69. The van der Waals surface area contributed by atoms with Gasteiger partial charge in [0.05, 0.1) is 16.8 Å². The second kappa shape index (κ2) is 3.93. The van der Waals surface area contributed by atoms with E-state index in [0.717, 1.165) is 6.08 Å². The van der Waals surface area contributed by atoms with Crippen LogP contribution in [0.5, 0.6) is 0 Å². The molecule has 16 heavy (non-hydrogen) atoms. The van der Waals surface area contributed by atoms with Crippen molar-refractivity contribution in [3.05, 3.63) is 23.5 Å². The smallest absolute Gasteiger partial charge is 0.277 e. The van der Waals surface area contributed by atoms with E-state index in [1.165, 1.54) is 20.0 Å². The minimum atomic E-state index is -5.34. The van der Waals surface area contributed by atoms with Crippen molar-refractivity contribution in [1.29, 1.82) is 0 Å². The Kier molecular flexibility index (Phi) is 3.13. The molecule has 0 aliphatic carbocycles. The van der Waals surface area contributed by atoms with Gasteiger partial charge in [0.15, 0.2) is 0 Å². The van der Waals surface area contributed by atoms with Crippen LogP contribution >= 0.6 is 0 Å². The Morgan fingerprint density at radius 2 is 2.06 bits per heavy atom. The largest absolute Gasteiger partial charge is 0.501 e. The van der Waals surface area contributed by atoms with Crippen LogP contribution in [0.4, 0.5) is 13.2 Å². The van der Waals surface area contributed by atoms with Crippen LogP contribution < -0.4 is 0 Å². The molecule has 1 aromatic rings. The minimum Gasteiger partial charge on any atom is -0.277 e. The van der Waals surface area contributed by atoms with Gasteiger partial charge in [-0.2, -0.15) is 18.3 Å². The van der Waals surface area contributed by atoms with Gasteiger partial charge in [0.1, 0.15) is 0 Å². The highest BCUT2D eigenvalue weighted by molar-refractivity contribution is 8.01. The second-order valence-electron chi connectivity index (χ2n) is 3.03. The van der Waals surface area contributed by atoms with Crippen LogP contribution in [-0.2, 0) is 9.84 Å². The molecule has 0 atom stereocenters. The van der Waals surface area contributed by atoms with E-state index in [-0.39, 0.29) is 5.69 Å². The highest BCUT2D eigenvalue weighted by Gasteiger charge is 2.48. The highest BCUT2D eigenvalue weighted by Crippen LogP contribution is 2.34. The van der Waals surface area contributed by atoms with Crippen LogP contribution in [0.1, 0.15) is 18.2 Å². The zero-order valence-electron chi connectivity index (χ0n) is 8.46. The zero-order valence-corrected chi connectivity index (χ0v) is 9.28.